The summed E-state index contributed by atoms with van der Waals surface area (Å²) in [6.07, 6.45) is 7.32. The monoisotopic (exact) mass is 244 g/mol. The molecule has 1 aromatic rings. The molecule has 2 heterocycles. The van der Waals surface area contributed by atoms with E-state index in [-0.39, 0.29) is 0 Å². The number of rotatable bonds is 2. The highest BCUT2D eigenvalue weighted by molar-refractivity contribution is 7.15. The fourth-order valence-corrected chi connectivity index (χ4v) is 3.13. The van der Waals surface area contributed by atoms with Gasteiger partial charge in [-0.05, 0) is 26.3 Å². The molecular formula is C11H17ClN2S. The van der Waals surface area contributed by atoms with Gasteiger partial charge < -0.3 is 0 Å². The Labute approximate surface area is 100 Å². The second-order valence-electron chi connectivity index (χ2n) is 4.25. The summed E-state index contributed by atoms with van der Waals surface area (Å²) in [5.74, 6) is 0. The maximum atomic E-state index is 5.84. The van der Waals surface area contributed by atoms with Crippen LogP contribution in [0.1, 0.15) is 37.5 Å². The van der Waals surface area contributed by atoms with Gasteiger partial charge in [0.2, 0.25) is 0 Å². The number of aromatic nitrogens is 1. The van der Waals surface area contributed by atoms with Crippen molar-refractivity contribution >= 4 is 22.9 Å². The minimum absolute atomic E-state index is 0.660. The molecule has 1 aliphatic rings. The van der Waals surface area contributed by atoms with Crippen LogP contribution >= 0.6 is 22.9 Å². The molecule has 1 saturated heterocycles. The molecule has 0 amide bonds. The lowest BCUT2D eigenvalue weighted by Crippen LogP contribution is -2.31. The van der Waals surface area contributed by atoms with E-state index in [1.165, 1.54) is 37.1 Å². The molecule has 15 heavy (non-hydrogen) atoms. The van der Waals surface area contributed by atoms with Gasteiger partial charge in [-0.15, -0.1) is 11.3 Å². The smallest absolute Gasteiger partial charge is 0.183 e. The first-order chi connectivity index (χ1) is 7.25. The van der Waals surface area contributed by atoms with Gasteiger partial charge in [-0.1, -0.05) is 24.4 Å². The van der Waals surface area contributed by atoms with Crippen molar-refractivity contribution in [3.63, 3.8) is 0 Å². The van der Waals surface area contributed by atoms with Crippen molar-refractivity contribution in [2.75, 3.05) is 6.54 Å². The van der Waals surface area contributed by atoms with E-state index >= 15 is 0 Å². The first-order valence-corrected chi connectivity index (χ1v) is 6.79. The normalized spacial score (nSPS) is 24.0. The zero-order valence-electron chi connectivity index (χ0n) is 9.08. The molecule has 1 unspecified atom stereocenters. The molecule has 4 heteroatoms. The van der Waals surface area contributed by atoms with Gasteiger partial charge in [0.05, 0.1) is 0 Å². The number of thiazole rings is 1. The number of likely N-dealkylation sites (tertiary alicyclic amines) is 1. The molecule has 0 aliphatic carbocycles. The number of hydrogen-bond donors (Lipinski definition) is 0. The molecule has 1 aliphatic heterocycles. The van der Waals surface area contributed by atoms with Crippen molar-refractivity contribution < 1.29 is 0 Å². The van der Waals surface area contributed by atoms with E-state index in [2.05, 4.69) is 16.8 Å². The first kappa shape index (κ1) is 11.4. The fraction of sp³-hybridized carbons (Fsp3) is 0.727. The van der Waals surface area contributed by atoms with Gasteiger partial charge in [0.1, 0.15) is 0 Å². The molecule has 1 aromatic heterocycles. The minimum Gasteiger partial charge on any atom is -0.296 e. The topological polar surface area (TPSA) is 16.1 Å². The van der Waals surface area contributed by atoms with Crippen molar-refractivity contribution in [1.82, 2.24) is 9.88 Å². The molecular weight excluding hydrogens is 228 g/mol. The third-order valence-corrected chi connectivity index (χ3v) is 4.17. The van der Waals surface area contributed by atoms with Gasteiger partial charge in [-0.25, -0.2) is 4.98 Å². The highest BCUT2D eigenvalue weighted by Crippen LogP contribution is 2.23. The van der Waals surface area contributed by atoms with Crippen LogP contribution in [0.4, 0.5) is 0 Å². The van der Waals surface area contributed by atoms with Crippen molar-refractivity contribution in [2.45, 2.75) is 45.2 Å². The minimum atomic E-state index is 0.660. The highest BCUT2D eigenvalue weighted by Gasteiger charge is 2.17. The maximum absolute atomic E-state index is 5.84. The molecule has 2 nitrogen and oxygen atoms in total. The molecule has 0 aromatic carbocycles. The molecule has 2 rings (SSSR count). The maximum Gasteiger partial charge on any atom is 0.183 e. The predicted octanol–water partition coefficient (Wildman–Crippen LogP) is 3.56. The summed E-state index contributed by atoms with van der Waals surface area (Å²) in [6.45, 7) is 4.57. The van der Waals surface area contributed by atoms with Crippen molar-refractivity contribution in [3.05, 3.63) is 15.5 Å². The zero-order valence-corrected chi connectivity index (χ0v) is 10.7. The Bertz CT molecular complexity index is 313. The second-order valence-corrected chi connectivity index (χ2v) is 5.95. The van der Waals surface area contributed by atoms with Crippen LogP contribution in [0, 0.1) is 0 Å². The Kier molecular flexibility index (Phi) is 4.00. The summed E-state index contributed by atoms with van der Waals surface area (Å²) in [4.78, 5) is 7.93. The predicted molar refractivity (Wildman–Crippen MR) is 65.5 cm³/mol. The molecule has 1 atom stereocenters. The van der Waals surface area contributed by atoms with Gasteiger partial charge in [0.15, 0.2) is 4.47 Å². The van der Waals surface area contributed by atoms with Crippen LogP contribution in [0.2, 0.25) is 4.47 Å². The Balaban J connectivity index is 1.97. The van der Waals surface area contributed by atoms with Crippen molar-refractivity contribution in [1.29, 1.82) is 0 Å². The third-order valence-electron chi connectivity index (χ3n) is 3.07. The second kappa shape index (κ2) is 5.28. The number of nitrogens with zero attached hydrogens (tertiary/aromatic N) is 2. The van der Waals surface area contributed by atoms with E-state index < -0.39 is 0 Å². The fourth-order valence-electron chi connectivity index (χ4n) is 2.13. The summed E-state index contributed by atoms with van der Waals surface area (Å²) in [5.41, 5.74) is 0. The molecule has 0 spiro atoms. The first-order valence-electron chi connectivity index (χ1n) is 5.60. The van der Waals surface area contributed by atoms with Crippen LogP contribution < -0.4 is 0 Å². The third kappa shape index (κ3) is 3.16. The summed E-state index contributed by atoms with van der Waals surface area (Å²) in [6, 6.07) is 0.702. The lowest BCUT2D eigenvalue weighted by Gasteiger charge is -2.25. The van der Waals surface area contributed by atoms with Crippen LogP contribution in [0.3, 0.4) is 0 Å². The van der Waals surface area contributed by atoms with E-state index in [0.29, 0.717) is 10.5 Å². The number of hydrogen-bond acceptors (Lipinski definition) is 3. The lowest BCUT2D eigenvalue weighted by molar-refractivity contribution is 0.206. The van der Waals surface area contributed by atoms with Gasteiger partial charge in [-0.2, -0.15) is 0 Å². The van der Waals surface area contributed by atoms with Crippen LogP contribution in [0.25, 0.3) is 0 Å². The van der Waals surface area contributed by atoms with Gasteiger partial charge >= 0.3 is 0 Å². The zero-order chi connectivity index (χ0) is 10.7. The van der Waals surface area contributed by atoms with E-state index in [9.17, 15) is 0 Å². The average molecular weight is 245 g/mol. The summed E-state index contributed by atoms with van der Waals surface area (Å²) in [7, 11) is 0. The van der Waals surface area contributed by atoms with Crippen molar-refractivity contribution in [3.8, 4) is 0 Å². The molecule has 0 radical (unpaired) electrons. The summed E-state index contributed by atoms with van der Waals surface area (Å²) in [5, 5.41) is 0. The van der Waals surface area contributed by atoms with Crippen LogP contribution in [-0.4, -0.2) is 22.5 Å². The Morgan fingerprint density at radius 1 is 1.53 bits per heavy atom. The van der Waals surface area contributed by atoms with E-state index in [1.807, 2.05) is 6.20 Å². The largest absolute Gasteiger partial charge is 0.296 e. The molecule has 0 N–H and O–H groups in total. The van der Waals surface area contributed by atoms with Gasteiger partial charge in [0.25, 0.3) is 0 Å². The SMILES string of the molecule is CC1CCCCCN1Cc1cnc(Cl)s1. The molecule has 1 fully saturated rings. The van der Waals surface area contributed by atoms with Gasteiger partial charge in [-0.3, -0.25) is 4.90 Å². The Hall–Kier alpha value is -0.120. The average Bonchev–Trinajstić information content (AvgIpc) is 2.50. The summed E-state index contributed by atoms with van der Waals surface area (Å²) >= 11 is 7.44. The molecule has 0 bridgehead atoms. The number of halogens is 1. The molecule has 0 saturated carbocycles. The lowest BCUT2D eigenvalue weighted by atomic mass is 10.1. The van der Waals surface area contributed by atoms with Crippen LogP contribution in [0.5, 0.6) is 0 Å². The van der Waals surface area contributed by atoms with E-state index in [0.717, 1.165) is 6.54 Å². The van der Waals surface area contributed by atoms with Crippen LogP contribution in [0.15, 0.2) is 6.20 Å². The molecule has 84 valence electrons. The quantitative estimate of drug-likeness (QED) is 0.791. The highest BCUT2D eigenvalue weighted by atomic mass is 35.5. The van der Waals surface area contributed by atoms with Gasteiger partial charge in [0, 0.05) is 23.7 Å². The van der Waals surface area contributed by atoms with Crippen LogP contribution in [-0.2, 0) is 6.54 Å². The standard InChI is InChI=1S/C11H17ClN2S/c1-9-5-3-2-4-6-14(9)8-10-7-13-11(12)15-10/h7,9H,2-6,8H2,1H3. The van der Waals surface area contributed by atoms with E-state index in [1.54, 1.807) is 11.3 Å². The van der Waals surface area contributed by atoms with E-state index in [4.69, 9.17) is 11.6 Å². The summed E-state index contributed by atoms with van der Waals surface area (Å²) < 4.78 is 0.660. The Morgan fingerprint density at radius 3 is 3.13 bits per heavy atom. The van der Waals surface area contributed by atoms with Crippen molar-refractivity contribution in [2.24, 2.45) is 0 Å². The Morgan fingerprint density at radius 2 is 2.40 bits per heavy atom.